The summed E-state index contributed by atoms with van der Waals surface area (Å²) < 4.78 is 55.0. The second kappa shape index (κ2) is 7.65. The summed E-state index contributed by atoms with van der Waals surface area (Å²) >= 11 is 0. The molecule has 25 heavy (non-hydrogen) atoms. The van der Waals surface area contributed by atoms with Crippen LogP contribution in [0.1, 0.15) is 10.4 Å². The van der Waals surface area contributed by atoms with Crippen molar-refractivity contribution >= 4 is 11.6 Å². The summed E-state index contributed by atoms with van der Waals surface area (Å²) in [6.45, 7) is 0. The summed E-state index contributed by atoms with van der Waals surface area (Å²) in [6.07, 6.45) is 0. The number of ether oxygens (including phenoxy) is 3. The zero-order chi connectivity index (χ0) is 18.6. The first-order valence-corrected chi connectivity index (χ1v) is 6.92. The van der Waals surface area contributed by atoms with Crippen LogP contribution in [0.3, 0.4) is 0 Å². The van der Waals surface area contributed by atoms with Gasteiger partial charge < -0.3 is 14.2 Å². The fourth-order valence-electron chi connectivity index (χ4n) is 2.02. The van der Waals surface area contributed by atoms with Gasteiger partial charge in [-0.1, -0.05) is 0 Å². The first-order chi connectivity index (χ1) is 11.9. The van der Waals surface area contributed by atoms with Crippen LogP contribution in [0.2, 0.25) is 0 Å². The molecule has 6 nitrogen and oxygen atoms in total. The summed E-state index contributed by atoms with van der Waals surface area (Å²) in [5.41, 5.74) is 3.97. The topological polar surface area (TPSA) is 68.8 Å². The van der Waals surface area contributed by atoms with Crippen molar-refractivity contribution in [2.45, 2.75) is 0 Å². The SMILES string of the molecule is COc1cc(OC)c(C(=O)NNc2ccc(F)c(F)c2F)cc1OC. The maximum Gasteiger partial charge on any atom is 0.273 e. The number of nitrogens with one attached hydrogen (secondary N) is 2. The Bertz CT molecular complexity index is 799. The van der Waals surface area contributed by atoms with E-state index in [1.807, 2.05) is 0 Å². The average Bonchev–Trinajstić information content (AvgIpc) is 2.64. The van der Waals surface area contributed by atoms with Crippen molar-refractivity contribution < 1.29 is 32.2 Å². The Hall–Kier alpha value is -3.10. The molecule has 0 unspecified atom stereocenters. The Kier molecular flexibility index (Phi) is 5.58. The van der Waals surface area contributed by atoms with Gasteiger partial charge in [0.2, 0.25) is 0 Å². The Balaban J connectivity index is 2.25. The fourth-order valence-corrected chi connectivity index (χ4v) is 2.02. The summed E-state index contributed by atoms with van der Waals surface area (Å²) in [6, 6.07) is 4.46. The van der Waals surface area contributed by atoms with Gasteiger partial charge in [-0.2, -0.15) is 0 Å². The van der Waals surface area contributed by atoms with Crippen molar-refractivity contribution in [3.63, 3.8) is 0 Å². The summed E-state index contributed by atoms with van der Waals surface area (Å²) in [5, 5.41) is 0. The molecule has 1 amide bonds. The van der Waals surface area contributed by atoms with Gasteiger partial charge in [0.15, 0.2) is 29.0 Å². The van der Waals surface area contributed by atoms with Gasteiger partial charge >= 0.3 is 0 Å². The number of amides is 1. The third-order valence-corrected chi connectivity index (χ3v) is 3.30. The number of halogens is 3. The number of benzene rings is 2. The van der Waals surface area contributed by atoms with E-state index in [0.717, 1.165) is 12.1 Å². The molecular formula is C16H15F3N2O4. The molecule has 0 saturated carbocycles. The first kappa shape index (κ1) is 18.2. The molecule has 2 rings (SSSR count). The van der Waals surface area contributed by atoms with Gasteiger partial charge in [-0.3, -0.25) is 15.6 Å². The van der Waals surface area contributed by atoms with Crippen LogP contribution in [-0.4, -0.2) is 27.2 Å². The van der Waals surface area contributed by atoms with E-state index in [0.29, 0.717) is 5.75 Å². The van der Waals surface area contributed by atoms with Gasteiger partial charge in [0.05, 0.1) is 32.6 Å². The van der Waals surface area contributed by atoms with Crippen molar-refractivity contribution in [3.05, 3.63) is 47.3 Å². The standard InChI is InChI=1S/C16H15F3N2O4/c1-23-11-7-13(25-3)12(24-2)6-8(11)16(22)21-20-10-5-4-9(17)14(18)15(10)19/h4-7,20H,1-3H3,(H,21,22). The van der Waals surface area contributed by atoms with Crippen LogP contribution in [0.25, 0.3) is 0 Å². The molecular weight excluding hydrogens is 341 g/mol. The molecule has 0 aromatic heterocycles. The summed E-state index contributed by atoms with van der Waals surface area (Å²) in [7, 11) is 4.16. The number of hydrogen-bond acceptors (Lipinski definition) is 5. The zero-order valence-electron chi connectivity index (χ0n) is 13.6. The summed E-state index contributed by atoms with van der Waals surface area (Å²) in [4.78, 5) is 12.3. The molecule has 0 bridgehead atoms. The number of hydrazine groups is 1. The van der Waals surface area contributed by atoms with Crippen LogP contribution in [-0.2, 0) is 0 Å². The number of carbonyl (C=O) groups is 1. The Labute approximate surface area is 141 Å². The fraction of sp³-hybridized carbons (Fsp3) is 0.188. The molecule has 0 aliphatic rings. The van der Waals surface area contributed by atoms with E-state index >= 15 is 0 Å². The minimum absolute atomic E-state index is 0.0515. The predicted molar refractivity (Wildman–Crippen MR) is 83.5 cm³/mol. The molecule has 134 valence electrons. The highest BCUT2D eigenvalue weighted by atomic mass is 19.2. The highest BCUT2D eigenvalue weighted by molar-refractivity contribution is 5.98. The lowest BCUT2D eigenvalue weighted by Gasteiger charge is -2.15. The van der Waals surface area contributed by atoms with E-state index in [2.05, 4.69) is 10.9 Å². The number of carbonyl (C=O) groups excluding carboxylic acids is 1. The van der Waals surface area contributed by atoms with E-state index in [4.69, 9.17) is 14.2 Å². The summed E-state index contributed by atoms with van der Waals surface area (Å²) in [5.74, 6) is -4.38. The van der Waals surface area contributed by atoms with E-state index in [1.54, 1.807) is 0 Å². The lowest BCUT2D eigenvalue weighted by molar-refractivity contribution is 0.0959. The van der Waals surface area contributed by atoms with Crippen molar-refractivity contribution in [1.82, 2.24) is 5.43 Å². The smallest absolute Gasteiger partial charge is 0.273 e. The van der Waals surface area contributed by atoms with Crippen LogP contribution in [0.15, 0.2) is 24.3 Å². The molecule has 0 aliphatic carbocycles. The Morgan fingerprint density at radius 3 is 2.08 bits per heavy atom. The lowest BCUT2D eigenvalue weighted by atomic mass is 10.1. The Morgan fingerprint density at radius 2 is 1.48 bits per heavy atom. The number of hydrogen-bond donors (Lipinski definition) is 2. The molecule has 0 atom stereocenters. The van der Waals surface area contributed by atoms with Crippen molar-refractivity contribution in [3.8, 4) is 17.2 Å². The normalized spacial score (nSPS) is 10.2. The van der Waals surface area contributed by atoms with Gasteiger partial charge in [-0.05, 0) is 12.1 Å². The Morgan fingerprint density at radius 1 is 0.880 bits per heavy atom. The van der Waals surface area contributed by atoms with Gasteiger partial charge in [0.25, 0.3) is 5.91 Å². The van der Waals surface area contributed by atoms with Gasteiger partial charge in [-0.25, -0.2) is 13.2 Å². The van der Waals surface area contributed by atoms with E-state index in [-0.39, 0.29) is 17.1 Å². The number of methoxy groups -OCH3 is 3. The lowest BCUT2D eigenvalue weighted by Crippen LogP contribution is -2.30. The number of rotatable bonds is 6. The van der Waals surface area contributed by atoms with Crippen LogP contribution < -0.4 is 25.1 Å². The average molecular weight is 356 g/mol. The molecule has 2 aromatic carbocycles. The third kappa shape index (κ3) is 3.70. The maximum absolute atomic E-state index is 13.6. The molecule has 0 saturated heterocycles. The first-order valence-electron chi connectivity index (χ1n) is 6.92. The van der Waals surface area contributed by atoms with Crippen molar-refractivity contribution in [2.24, 2.45) is 0 Å². The second-order valence-electron chi connectivity index (χ2n) is 4.71. The molecule has 9 heteroatoms. The van der Waals surface area contributed by atoms with E-state index in [9.17, 15) is 18.0 Å². The van der Waals surface area contributed by atoms with Gasteiger partial charge in [0.1, 0.15) is 5.75 Å². The highest BCUT2D eigenvalue weighted by Gasteiger charge is 2.19. The van der Waals surface area contributed by atoms with Crippen LogP contribution in [0.5, 0.6) is 17.2 Å². The number of anilines is 1. The van der Waals surface area contributed by atoms with Gasteiger partial charge in [0, 0.05) is 12.1 Å². The second-order valence-corrected chi connectivity index (χ2v) is 4.71. The van der Waals surface area contributed by atoms with Crippen LogP contribution in [0, 0.1) is 17.5 Å². The van der Waals surface area contributed by atoms with E-state index < -0.39 is 29.0 Å². The van der Waals surface area contributed by atoms with Crippen molar-refractivity contribution in [2.75, 3.05) is 26.8 Å². The molecule has 2 aromatic rings. The van der Waals surface area contributed by atoms with Crippen molar-refractivity contribution in [1.29, 1.82) is 0 Å². The monoisotopic (exact) mass is 356 g/mol. The molecule has 0 aliphatic heterocycles. The molecule has 0 heterocycles. The maximum atomic E-state index is 13.6. The van der Waals surface area contributed by atoms with Crippen LogP contribution in [0.4, 0.5) is 18.9 Å². The molecule has 0 fully saturated rings. The minimum Gasteiger partial charge on any atom is -0.496 e. The quantitative estimate of drug-likeness (QED) is 0.615. The third-order valence-electron chi connectivity index (χ3n) is 3.30. The van der Waals surface area contributed by atoms with Crippen LogP contribution >= 0.6 is 0 Å². The van der Waals surface area contributed by atoms with Gasteiger partial charge in [-0.15, -0.1) is 0 Å². The predicted octanol–water partition coefficient (Wildman–Crippen LogP) is 2.89. The highest BCUT2D eigenvalue weighted by Crippen LogP contribution is 2.34. The molecule has 0 spiro atoms. The molecule has 0 radical (unpaired) electrons. The molecule has 2 N–H and O–H groups in total. The minimum atomic E-state index is -1.65. The van der Waals surface area contributed by atoms with E-state index in [1.165, 1.54) is 33.5 Å². The zero-order valence-corrected chi connectivity index (χ0v) is 13.6. The largest absolute Gasteiger partial charge is 0.496 e.